The summed E-state index contributed by atoms with van der Waals surface area (Å²) in [4.78, 5) is 15.1. The van der Waals surface area contributed by atoms with Gasteiger partial charge in [-0.1, -0.05) is 6.07 Å². The lowest BCUT2D eigenvalue weighted by molar-refractivity contribution is 0.234. The van der Waals surface area contributed by atoms with E-state index in [1.807, 2.05) is 46.3 Å². The standard InChI is InChI=1S/C15H27N3O2S2/c1-15(2,3)22(20)10-8-16-14(19)17-11-12(18(4)5)13-7-6-9-21-13/h6-7,9,12H,8,10-11H2,1-5H3,(H2,16,17,19). The van der Waals surface area contributed by atoms with Crippen LogP contribution in [0.3, 0.4) is 0 Å². The molecule has 0 radical (unpaired) electrons. The van der Waals surface area contributed by atoms with Gasteiger partial charge in [0.15, 0.2) is 0 Å². The molecule has 1 rings (SSSR count). The summed E-state index contributed by atoms with van der Waals surface area (Å²) in [6.45, 7) is 6.77. The molecule has 0 aromatic carbocycles. The van der Waals surface area contributed by atoms with E-state index in [0.717, 1.165) is 0 Å². The summed E-state index contributed by atoms with van der Waals surface area (Å²) in [5.41, 5.74) is 0. The Hall–Kier alpha value is -0.920. The molecule has 22 heavy (non-hydrogen) atoms. The fourth-order valence-electron chi connectivity index (χ4n) is 1.83. The molecule has 0 aliphatic rings. The molecule has 0 saturated heterocycles. The fourth-order valence-corrected chi connectivity index (χ4v) is 3.66. The summed E-state index contributed by atoms with van der Waals surface area (Å²) in [5.74, 6) is 0.471. The number of likely N-dealkylation sites (N-methyl/N-ethyl adjacent to an activating group) is 1. The van der Waals surface area contributed by atoms with Crippen LogP contribution in [0.5, 0.6) is 0 Å². The molecule has 2 N–H and O–H groups in total. The summed E-state index contributed by atoms with van der Waals surface area (Å²) in [6, 6.07) is 4.03. The largest absolute Gasteiger partial charge is 0.337 e. The lowest BCUT2D eigenvalue weighted by Gasteiger charge is -2.23. The van der Waals surface area contributed by atoms with Gasteiger partial charge in [0.2, 0.25) is 0 Å². The Kier molecular flexibility index (Phi) is 7.52. The highest BCUT2D eigenvalue weighted by Gasteiger charge is 2.19. The van der Waals surface area contributed by atoms with Crippen molar-refractivity contribution in [2.75, 3.05) is 32.9 Å². The quantitative estimate of drug-likeness (QED) is 0.796. The van der Waals surface area contributed by atoms with Crippen LogP contribution in [0.15, 0.2) is 17.5 Å². The van der Waals surface area contributed by atoms with Gasteiger partial charge >= 0.3 is 6.03 Å². The van der Waals surface area contributed by atoms with Crippen LogP contribution in [-0.4, -0.2) is 52.8 Å². The Morgan fingerprint density at radius 2 is 2.05 bits per heavy atom. The molecule has 0 saturated carbocycles. The third-order valence-electron chi connectivity index (χ3n) is 3.21. The van der Waals surface area contributed by atoms with Crippen molar-refractivity contribution in [1.82, 2.24) is 15.5 Å². The molecule has 1 aromatic rings. The summed E-state index contributed by atoms with van der Waals surface area (Å²) < 4.78 is 11.6. The average Bonchev–Trinajstić information content (AvgIpc) is 2.91. The Morgan fingerprint density at radius 3 is 2.55 bits per heavy atom. The van der Waals surface area contributed by atoms with Crippen LogP contribution in [0.4, 0.5) is 4.79 Å². The number of amides is 2. The van der Waals surface area contributed by atoms with Gasteiger partial charge in [-0.25, -0.2) is 4.79 Å². The maximum Gasteiger partial charge on any atom is 0.314 e. The first kappa shape index (κ1) is 19.1. The van der Waals surface area contributed by atoms with Gasteiger partial charge in [-0.3, -0.25) is 4.21 Å². The monoisotopic (exact) mass is 345 g/mol. The lowest BCUT2D eigenvalue weighted by atomic mass is 10.2. The highest BCUT2D eigenvalue weighted by Crippen LogP contribution is 2.22. The van der Waals surface area contributed by atoms with Crippen molar-refractivity contribution in [2.45, 2.75) is 31.6 Å². The van der Waals surface area contributed by atoms with Crippen molar-refractivity contribution in [3.63, 3.8) is 0 Å². The van der Waals surface area contributed by atoms with Gasteiger partial charge in [-0.2, -0.15) is 0 Å². The molecular formula is C15H27N3O2S2. The number of rotatable bonds is 7. The van der Waals surface area contributed by atoms with E-state index in [1.165, 1.54) is 4.88 Å². The molecule has 5 nitrogen and oxygen atoms in total. The van der Waals surface area contributed by atoms with Crippen molar-refractivity contribution < 1.29 is 9.00 Å². The SMILES string of the molecule is CN(C)C(CNC(=O)NCCS(=O)C(C)(C)C)c1cccs1. The van der Waals surface area contributed by atoms with Crippen LogP contribution in [-0.2, 0) is 10.8 Å². The minimum absolute atomic E-state index is 0.162. The van der Waals surface area contributed by atoms with Gasteiger partial charge in [0, 0.05) is 39.3 Å². The highest BCUT2D eigenvalue weighted by molar-refractivity contribution is 7.86. The van der Waals surface area contributed by atoms with Crippen LogP contribution >= 0.6 is 11.3 Å². The first-order valence-electron chi connectivity index (χ1n) is 7.32. The molecule has 0 fully saturated rings. The molecule has 0 aliphatic heterocycles. The number of hydrogen-bond acceptors (Lipinski definition) is 4. The van der Waals surface area contributed by atoms with E-state index in [2.05, 4.69) is 21.6 Å². The van der Waals surface area contributed by atoms with Crippen LogP contribution in [0.25, 0.3) is 0 Å². The zero-order valence-electron chi connectivity index (χ0n) is 14.0. The van der Waals surface area contributed by atoms with Gasteiger partial charge < -0.3 is 15.5 Å². The zero-order chi connectivity index (χ0) is 16.8. The number of nitrogens with zero attached hydrogens (tertiary/aromatic N) is 1. The molecule has 2 unspecified atom stereocenters. The minimum Gasteiger partial charge on any atom is -0.337 e. The Balaban J connectivity index is 2.34. The van der Waals surface area contributed by atoms with Crippen molar-refractivity contribution in [2.24, 2.45) is 0 Å². The van der Waals surface area contributed by atoms with Crippen LogP contribution in [0.2, 0.25) is 0 Å². The van der Waals surface area contributed by atoms with Crippen molar-refractivity contribution in [3.8, 4) is 0 Å². The van der Waals surface area contributed by atoms with Crippen molar-refractivity contribution >= 4 is 28.2 Å². The topological polar surface area (TPSA) is 61.4 Å². The van der Waals surface area contributed by atoms with E-state index >= 15 is 0 Å². The highest BCUT2D eigenvalue weighted by atomic mass is 32.2. The van der Waals surface area contributed by atoms with E-state index < -0.39 is 10.8 Å². The number of urea groups is 1. The minimum atomic E-state index is -0.947. The van der Waals surface area contributed by atoms with Crippen LogP contribution in [0, 0.1) is 0 Å². The average molecular weight is 346 g/mol. The molecule has 126 valence electrons. The Morgan fingerprint density at radius 1 is 1.36 bits per heavy atom. The summed E-state index contributed by atoms with van der Waals surface area (Å²) in [7, 11) is 3.05. The van der Waals surface area contributed by atoms with E-state index in [9.17, 15) is 9.00 Å². The normalized spacial score (nSPS) is 14.6. The Bertz CT molecular complexity index is 481. The summed E-state index contributed by atoms with van der Waals surface area (Å²) >= 11 is 1.68. The first-order valence-corrected chi connectivity index (χ1v) is 9.51. The molecular weight excluding hydrogens is 318 g/mol. The Labute approximate surface area is 139 Å². The molecule has 0 bridgehead atoms. The van der Waals surface area contributed by atoms with Crippen LogP contribution in [0.1, 0.15) is 31.7 Å². The molecule has 7 heteroatoms. The smallest absolute Gasteiger partial charge is 0.314 e. The third-order valence-corrected chi connectivity index (χ3v) is 6.12. The van der Waals surface area contributed by atoms with Crippen LogP contribution < -0.4 is 10.6 Å². The summed E-state index contributed by atoms with van der Waals surface area (Å²) in [5, 5.41) is 7.68. The van der Waals surface area contributed by atoms with Gasteiger partial charge in [0.25, 0.3) is 0 Å². The number of carbonyl (C=O) groups is 1. The van der Waals surface area contributed by atoms with Crippen molar-refractivity contribution in [1.29, 1.82) is 0 Å². The van der Waals surface area contributed by atoms with Gasteiger partial charge in [0.05, 0.1) is 6.04 Å². The number of hydrogen-bond donors (Lipinski definition) is 2. The van der Waals surface area contributed by atoms with Gasteiger partial charge in [-0.15, -0.1) is 11.3 Å². The van der Waals surface area contributed by atoms with Gasteiger partial charge in [0.1, 0.15) is 0 Å². The number of thiophene rings is 1. The lowest BCUT2D eigenvalue weighted by Crippen LogP contribution is -2.42. The second kappa shape index (κ2) is 8.64. The molecule has 2 amide bonds. The van der Waals surface area contributed by atoms with E-state index in [4.69, 9.17) is 0 Å². The van der Waals surface area contributed by atoms with Gasteiger partial charge in [-0.05, 0) is 46.3 Å². The second-order valence-corrected chi connectivity index (χ2v) is 9.60. The fraction of sp³-hybridized carbons (Fsp3) is 0.667. The first-order chi connectivity index (χ1) is 10.2. The third kappa shape index (κ3) is 6.46. The molecule has 1 aromatic heterocycles. The second-order valence-electron chi connectivity index (χ2n) is 6.29. The maximum atomic E-state index is 11.9. The van der Waals surface area contributed by atoms with E-state index in [-0.39, 0.29) is 16.8 Å². The summed E-state index contributed by atoms with van der Waals surface area (Å²) in [6.07, 6.45) is 0. The molecule has 0 aliphatic carbocycles. The van der Waals surface area contributed by atoms with E-state index in [0.29, 0.717) is 18.8 Å². The number of nitrogens with one attached hydrogen (secondary N) is 2. The molecule has 2 atom stereocenters. The zero-order valence-corrected chi connectivity index (χ0v) is 15.6. The predicted molar refractivity (Wildman–Crippen MR) is 94.9 cm³/mol. The molecule has 1 heterocycles. The van der Waals surface area contributed by atoms with Crippen molar-refractivity contribution in [3.05, 3.63) is 22.4 Å². The number of carbonyl (C=O) groups excluding carboxylic acids is 1. The molecule has 0 spiro atoms. The maximum absolute atomic E-state index is 11.9. The predicted octanol–water partition coefficient (Wildman–Crippen LogP) is 2.20. The van der Waals surface area contributed by atoms with E-state index in [1.54, 1.807) is 11.3 Å².